The van der Waals surface area contributed by atoms with Crippen molar-refractivity contribution in [3.63, 3.8) is 0 Å². The van der Waals surface area contributed by atoms with Crippen LogP contribution in [0.1, 0.15) is 38.7 Å². The van der Waals surface area contributed by atoms with Gasteiger partial charge in [-0.1, -0.05) is 44.2 Å². The van der Waals surface area contributed by atoms with Gasteiger partial charge in [-0.05, 0) is 24.3 Å². The number of piperidine rings is 1. The molecule has 1 fully saturated rings. The van der Waals surface area contributed by atoms with Gasteiger partial charge in [0.1, 0.15) is 6.04 Å². The van der Waals surface area contributed by atoms with Crippen LogP contribution in [0.4, 0.5) is 0 Å². The van der Waals surface area contributed by atoms with Gasteiger partial charge in [-0.15, -0.1) is 0 Å². The zero-order valence-electron chi connectivity index (χ0n) is 13.9. The Morgan fingerprint density at radius 2 is 2.04 bits per heavy atom. The molecule has 2 amide bonds. The highest BCUT2D eigenvalue weighted by atomic mass is 16.3. The zero-order chi connectivity index (χ0) is 16.8. The van der Waals surface area contributed by atoms with Crippen molar-refractivity contribution in [1.29, 1.82) is 0 Å². The number of carbonyl (C=O) groups excluding carboxylic acids is 2. The molecular weight excluding hydrogens is 292 g/mol. The summed E-state index contributed by atoms with van der Waals surface area (Å²) in [5, 5.41) is 12.6. The van der Waals surface area contributed by atoms with Gasteiger partial charge in [0.05, 0.1) is 12.5 Å². The van der Waals surface area contributed by atoms with Crippen molar-refractivity contribution >= 4 is 11.8 Å². The molecule has 0 bridgehead atoms. The Bertz CT molecular complexity index is 530. The van der Waals surface area contributed by atoms with E-state index >= 15 is 0 Å². The molecule has 5 heteroatoms. The van der Waals surface area contributed by atoms with Crippen molar-refractivity contribution in [3.05, 3.63) is 35.9 Å². The van der Waals surface area contributed by atoms with Crippen LogP contribution in [0.3, 0.4) is 0 Å². The molecule has 5 nitrogen and oxygen atoms in total. The fourth-order valence-electron chi connectivity index (χ4n) is 2.71. The molecule has 0 unspecified atom stereocenters. The van der Waals surface area contributed by atoms with Crippen LogP contribution in [0.5, 0.6) is 0 Å². The highest BCUT2D eigenvalue weighted by Crippen LogP contribution is 2.16. The molecule has 0 aliphatic carbocycles. The number of rotatable bonds is 6. The van der Waals surface area contributed by atoms with Crippen LogP contribution in [0.15, 0.2) is 30.3 Å². The van der Waals surface area contributed by atoms with E-state index < -0.39 is 12.1 Å². The number of aliphatic hydroxyl groups is 1. The van der Waals surface area contributed by atoms with Crippen molar-refractivity contribution < 1.29 is 14.7 Å². The van der Waals surface area contributed by atoms with E-state index in [1.165, 1.54) is 0 Å². The van der Waals surface area contributed by atoms with E-state index in [-0.39, 0.29) is 24.2 Å². The second-order valence-corrected chi connectivity index (χ2v) is 6.52. The van der Waals surface area contributed by atoms with Gasteiger partial charge in [0.2, 0.25) is 11.8 Å². The van der Waals surface area contributed by atoms with Crippen LogP contribution in [-0.4, -0.2) is 40.5 Å². The zero-order valence-corrected chi connectivity index (χ0v) is 13.9. The molecule has 1 heterocycles. The molecule has 0 saturated carbocycles. The lowest BCUT2D eigenvalue weighted by atomic mass is 10.0. The molecule has 0 spiro atoms. The van der Waals surface area contributed by atoms with Crippen LogP contribution in [0.25, 0.3) is 0 Å². The first-order chi connectivity index (χ1) is 11.0. The lowest BCUT2D eigenvalue weighted by Gasteiger charge is -2.33. The largest absolute Gasteiger partial charge is 0.392 e. The molecule has 0 radical (unpaired) electrons. The summed E-state index contributed by atoms with van der Waals surface area (Å²) in [4.78, 5) is 26.3. The standard InChI is InChI=1S/C18H26N2O3/c1-13(2)16(21)11-17(22)19-15-9-6-10-20(18(15)23)12-14-7-4-3-5-8-14/h3-5,7-8,13,15-16,21H,6,9-12H2,1-2H3,(H,19,22)/t15-,16-/m1/s1. The highest BCUT2D eigenvalue weighted by molar-refractivity contribution is 5.88. The van der Waals surface area contributed by atoms with Crippen molar-refractivity contribution in [2.45, 2.75) is 51.8 Å². The number of aliphatic hydroxyl groups excluding tert-OH is 1. The number of benzene rings is 1. The topological polar surface area (TPSA) is 69.6 Å². The molecule has 1 aromatic rings. The minimum Gasteiger partial charge on any atom is -0.392 e. The molecule has 1 aliphatic rings. The van der Waals surface area contributed by atoms with E-state index in [2.05, 4.69) is 5.32 Å². The molecular formula is C18H26N2O3. The Labute approximate surface area is 137 Å². The fourth-order valence-corrected chi connectivity index (χ4v) is 2.71. The van der Waals surface area contributed by atoms with E-state index in [1.807, 2.05) is 44.2 Å². The van der Waals surface area contributed by atoms with E-state index in [1.54, 1.807) is 4.90 Å². The summed E-state index contributed by atoms with van der Waals surface area (Å²) in [5.41, 5.74) is 1.09. The smallest absolute Gasteiger partial charge is 0.245 e. The summed E-state index contributed by atoms with van der Waals surface area (Å²) in [6, 6.07) is 9.37. The minimum absolute atomic E-state index is 0.0254. The number of hydrogen-bond acceptors (Lipinski definition) is 3. The van der Waals surface area contributed by atoms with Gasteiger partial charge in [0, 0.05) is 13.1 Å². The van der Waals surface area contributed by atoms with Crippen molar-refractivity contribution in [2.75, 3.05) is 6.54 Å². The van der Waals surface area contributed by atoms with Gasteiger partial charge >= 0.3 is 0 Å². The predicted octanol–water partition coefficient (Wildman–Crippen LogP) is 1.70. The monoisotopic (exact) mass is 318 g/mol. The molecule has 1 aliphatic heterocycles. The lowest BCUT2D eigenvalue weighted by Crippen LogP contribution is -2.52. The number of nitrogens with one attached hydrogen (secondary N) is 1. The third kappa shape index (κ3) is 5.06. The molecule has 2 rings (SSSR count). The van der Waals surface area contributed by atoms with Crippen molar-refractivity contribution in [1.82, 2.24) is 10.2 Å². The maximum absolute atomic E-state index is 12.5. The molecule has 23 heavy (non-hydrogen) atoms. The number of carbonyl (C=O) groups is 2. The molecule has 2 atom stereocenters. The van der Waals surface area contributed by atoms with E-state index in [4.69, 9.17) is 0 Å². The van der Waals surface area contributed by atoms with E-state index in [0.717, 1.165) is 12.0 Å². The summed E-state index contributed by atoms with van der Waals surface area (Å²) < 4.78 is 0. The van der Waals surface area contributed by atoms with Crippen LogP contribution >= 0.6 is 0 Å². The second kappa shape index (κ2) is 8.11. The molecule has 126 valence electrons. The van der Waals surface area contributed by atoms with Gasteiger partial charge in [-0.25, -0.2) is 0 Å². The van der Waals surface area contributed by atoms with Gasteiger partial charge in [0.15, 0.2) is 0 Å². The Morgan fingerprint density at radius 3 is 2.70 bits per heavy atom. The average Bonchev–Trinajstić information content (AvgIpc) is 2.52. The Kier molecular flexibility index (Phi) is 6.16. The first-order valence-corrected chi connectivity index (χ1v) is 8.27. The number of hydrogen-bond donors (Lipinski definition) is 2. The highest BCUT2D eigenvalue weighted by Gasteiger charge is 2.30. The van der Waals surface area contributed by atoms with Crippen LogP contribution in [0.2, 0.25) is 0 Å². The fraction of sp³-hybridized carbons (Fsp3) is 0.556. The first kappa shape index (κ1) is 17.5. The summed E-state index contributed by atoms with van der Waals surface area (Å²) in [5.74, 6) is -0.268. The van der Waals surface area contributed by atoms with Gasteiger partial charge in [-0.2, -0.15) is 0 Å². The predicted molar refractivity (Wildman–Crippen MR) is 88.5 cm³/mol. The molecule has 1 saturated heterocycles. The van der Waals surface area contributed by atoms with E-state index in [0.29, 0.717) is 19.5 Å². The quantitative estimate of drug-likeness (QED) is 0.839. The molecule has 2 N–H and O–H groups in total. The van der Waals surface area contributed by atoms with Crippen LogP contribution in [-0.2, 0) is 16.1 Å². The average molecular weight is 318 g/mol. The normalized spacial score (nSPS) is 19.7. The summed E-state index contributed by atoms with van der Waals surface area (Å²) in [6.07, 6.45) is 0.901. The van der Waals surface area contributed by atoms with Crippen molar-refractivity contribution in [2.24, 2.45) is 5.92 Å². The number of likely N-dealkylation sites (tertiary alicyclic amines) is 1. The first-order valence-electron chi connectivity index (χ1n) is 8.27. The Hall–Kier alpha value is -1.88. The second-order valence-electron chi connectivity index (χ2n) is 6.52. The summed E-state index contributed by atoms with van der Waals surface area (Å²) in [7, 11) is 0. The number of amides is 2. The maximum atomic E-state index is 12.5. The minimum atomic E-state index is -0.672. The number of nitrogens with zero attached hydrogens (tertiary/aromatic N) is 1. The Morgan fingerprint density at radius 1 is 1.35 bits per heavy atom. The van der Waals surface area contributed by atoms with E-state index in [9.17, 15) is 14.7 Å². The van der Waals surface area contributed by atoms with Gasteiger partial charge in [-0.3, -0.25) is 9.59 Å². The third-order valence-electron chi connectivity index (χ3n) is 4.25. The van der Waals surface area contributed by atoms with Gasteiger partial charge in [0.25, 0.3) is 0 Å². The third-order valence-corrected chi connectivity index (χ3v) is 4.25. The summed E-state index contributed by atoms with van der Waals surface area (Å²) >= 11 is 0. The summed E-state index contributed by atoms with van der Waals surface area (Å²) in [6.45, 7) is 5.02. The molecule has 0 aromatic heterocycles. The van der Waals surface area contributed by atoms with Crippen LogP contribution < -0.4 is 5.32 Å². The maximum Gasteiger partial charge on any atom is 0.245 e. The van der Waals surface area contributed by atoms with Gasteiger partial charge < -0.3 is 15.3 Å². The molecule has 1 aromatic carbocycles. The Balaban J connectivity index is 1.90. The van der Waals surface area contributed by atoms with Crippen LogP contribution in [0, 0.1) is 5.92 Å². The SMILES string of the molecule is CC(C)[C@H](O)CC(=O)N[C@@H]1CCCN(Cc2ccccc2)C1=O. The van der Waals surface area contributed by atoms with Crippen molar-refractivity contribution in [3.8, 4) is 0 Å². The lowest BCUT2D eigenvalue weighted by molar-refractivity contribution is -0.140.